The molecule has 2 fully saturated rings. The van der Waals surface area contributed by atoms with Crippen molar-refractivity contribution >= 4 is 11.4 Å². The Morgan fingerprint density at radius 3 is 1.79 bits per heavy atom. The molecule has 0 N–H and O–H groups in total. The van der Waals surface area contributed by atoms with Crippen molar-refractivity contribution in [1.82, 2.24) is 0 Å². The molecule has 3 aliphatic carbocycles. The summed E-state index contributed by atoms with van der Waals surface area (Å²) in [5.74, 6) is 0.773. The van der Waals surface area contributed by atoms with Crippen LogP contribution in [0.15, 0.2) is 54.1 Å². The molecule has 5 rings (SSSR count). The summed E-state index contributed by atoms with van der Waals surface area (Å²) >= 11 is 0. The number of allylic oxidation sites excluding steroid dienone is 1. The molecule has 1 nitrogen and oxygen atoms in total. The zero-order valence-corrected chi connectivity index (χ0v) is 14.5. The fourth-order valence-electron chi connectivity index (χ4n) is 5.46. The number of Topliss-reactive ketones (excluding diaryl/α,β-unsaturated/α-hetero) is 1. The third-order valence-corrected chi connectivity index (χ3v) is 7.27. The van der Waals surface area contributed by atoms with E-state index in [9.17, 15) is 4.79 Å². The Morgan fingerprint density at radius 1 is 0.833 bits per heavy atom. The molecular weight excluding hydrogens is 292 g/mol. The first-order chi connectivity index (χ1) is 11.5. The Balaban J connectivity index is 1.88. The normalized spacial score (nSPS) is 29.1. The average molecular weight is 314 g/mol. The number of carbonyl (C=O) groups is 1. The van der Waals surface area contributed by atoms with Gasteiger partial charge in [-0.25, -0.2) is 0 Å². The fraction of sp³-hybridized carbons (Fsp3) is 0.348. The van der Waals surface area contributed by atoms with Crippen LogP contribution in [0.4, 0.5) is 0 Å². The lowest BCUT2D eigenvalue weighted by molar-refractivity contribution is -0.125. The fourth-order valence-corrected chi connectivity index (χ4v) is 5.46. The predicted octanol–water partition coefficient (Wildman–Crippen LogP) is 5.49. The lowest BCUT2D eigenvalue weighted by atomic mass is 9.70. The summed E-state index contributed by atoms with van der Waals surface area (Å²) in [4.78, 5) is 13.5. The lowest BCUT2D eigenvalue weighted by Gasteiger charge is -2.31. The first-order valence-electron chi connectivity index (χ1n) is 8.95. The van der Waals surface area contributed by atoms with Gasteiger partial charge in [0.05, 0.1) is 0 Å². The van der Waals surface area contributed by atoms with E-state index in [1.54, 1.807) is 0 Å². The zero-order chi connectivity index (χ0) is 16.7. The highest BCUT2D eigenvalue weighted by molar-refractivity contribution is 6.16. The maximum atomic E-state index is 13.5. The van der Waals surface area contributed by atoms with Crippen LogP contribution in [0.25, 0.3) is 16.7 Å². The van der Waals surface area contributed by atoms with E-state index in [0.29, 0.717) is 11.7 Å². The molecule has 1 heteroatoms. The van der Waals surface area contributed by atoms with E-state index < -0.39 is 0 Å². The molecule has 3 aliphatic rings. The van der Waals surface area contributed by atoms with Crippen LogP contribution in [0.3, 0.4) is 0 Å². The smallest absolute Gasteiger partial charge is 0.166 e. The average Bonchev–Trinajstić information content (AvgIpc) is 3.08. The Morgan fingerprint density at radius 2 is 1.33 bits per heavy atom. The van der Waals surface area contributed by atoms with Crippen LogP contribution >= 0.6 is 0 Å². The van der Waals surface area contributed by atoms with E-state index in [1.165, 1.54) is 27.8 Å². The van der Waals surface area contributed by atoms with Gasteiger partial charge in [-0.15, -0.1) is 0 Å². The van der Waals surface area contributed by atoms with Gasteiger partial charge in [0.15, 0.2) is 5.78 Å². The number of benzene rings is 2. The van der Waals surface area contributed by atoms with Gasteiger partial charge in [-0.1, -0.05) is 69.3 Å². The molecule has 2 bridgehead atoms. The van der Waals surface area contributed by atoms with Crippen molar-refractivity contribution in [3.05, 3.63) is 65.2 Å². The monoisotopic (exact) mass is 314 g/mol. The summed E-state index contributed by atoms with van der Waals surface area (Å²) in [6.45, 7) is 6.78. The van der Waals surface area contributed by atoms with Crippen LogP contribution in [0.2, 0.25) is 0 Å². The molecule has 0 aromatic heterocycles. The van der Waals surface area contributed by atoms with Gasteiger partial charge in [-0.3, -0.25) is 4.79 Å². The van der Waals surface area contributed by atoms with Gasteiger partial charge >= 0.3 is 0 Å². The van der Waals surface area contributed by atoms with Crippen LogP contribution in [0.1, 0.15) is 44.7 Å². The second kappa shape index (κ2) is 4.27. The van der Waals surface area contributed by atoms with E-state index in [0.717, 1.165) is 18.4 Å². The molecule has 2 atom stereocenters. The topological polar surface area (TPSA) is 17.1 Å². The summed E-state index contributed by atoms with van der Waals surface area (Å²) in [6, 6.07) is 17.1. The van der Waals surface area contributed by atoms with E-state index >= 15 is 0 Å². The molecule has 0 unspecified atom stereocenters. The molecule has 0 spiro atoms. The second-order valence-corrected chi connectivity index (χ2v) is 8.35. The van der Waals surface area contributed by atoms with Gasteiger partial charge in [0.1, 0.15) is 0 Å². The highest BCUT2D eigenvalue weighted by Crippen LogP contribution is 2.67. The molecule has 0 aliphatic heterocycles. The quantitative estimate of drug-likeness (QED) is 0.501. The first kappa shape index (κ1) is 14.2. The molecular formula is C23H22O. The highest BCUT2D eigenvalue weighted by Gasteiger charge is 2.64. The third kappa shape index (κ3) is 1.41. The third-order valence-electron chi connectivity index (χ3n) is 7.27. The van der Waals surface area contributed by atoms with Crippen molar-refractivity contribution in [3.8, 4) is 11.1 Å². The number of rotatable bonds is 0. The van der Waals surface area contributed by atoms with E-state index in [2.05, 4.69) is 69.3 Å². The summed E-state index contributed by atoms with van der Waals surface area (Å²) < 4.78 is 0. The summed E-state index contributed by atoms with van der Waals surface area (Å²) in [5, 5.41) is 0. The highest BCUT2D eigenvalue weighted by atomic mass is 16.1. The van der Waals surface area contributed by atoms with Crippen molar-refractivity contribution in [1.29, 1.82) is 0 Å². The Labute approximate surface area is 143 Å². The van der Waals surface area contributed by atoms with Crippen molar-refractivity contribution in [2.45, 2.75) is 33.6 Å². The minimum Gasteiger partial charge on any atom is -0.294 e. The zero-order valence-electron chi connectivity index (χ0n) is 14.5. The first-order valence-corrected chi connectivity index (χ1v) is 8.95. The SMILES string of the molecule is CC1(C)[C@@H]2CC[C@@]1(C)C(=O)C2=C1c2ccccc2-c2ccccc21. The largest absolute Gasteiger partial charge is 0.294 e. The van der Waals surface area contributed by atoms with Gasteiger partial charge < -0.3 is 0 Å². The minimum absolute atomic E-state index is 0.0545. The predicted molar refractivity (Wildman–Crippen MR) is 97.5 cm³/mol. The molecule has 2 aromatic carbocycles. The van der Waals surface area contributed by atoms with Crippen molar-refractivity contribution < 1.29 is 4.79 Å². The number of hydrogen-bond donors (Lipinski definition) is 0. The molecule has 2 aromatic rings. The van der Waals surface area contributed by atoms with Crippen LogP contribution in [0.5, 0.6) is 0 Å². The Kier molecular flexibility index (Phi) is 2.53. The molecule has 2 saturated carbocycles. The van der Waals surface area contributed by atoms with E-state index in [1.807, 2.05) is 0 Å². The summed E-state index contributed by atoms with van der Waals surface area (Å²) in [7, 11) is 0. The Bertz CT molecular complexity index is 883. The minimum atomic E-state index is -0.202. The summed E-state index contributed by atoms with van der Waals surface area (Å²) in [5.41, 5.74) is 7.20. The molecule has 0 heterocycles. The van der Waals surface area contributed by atoms with Gasteiger partial charge in [-0.05, 0) is 52.0 Å². The number of hydrogen-bond acceptors (Lipinski definition) is 1. The van der Waals surface area contributed by atoms with E-state index in [4.69, 9.17) is 0 Å². The molecule has 0 saturated heterocycles. The standard InChI is InChI=1S/C23H22O/c1-22(2)18-12-13-23(22,3)21(24)20(18)19-16-10-6-4-8-14(16)15-9-5-7-11-17(15)19/h4-11,18H,12-13H2,1-3H3/t18-,23+/m1/s1. The van der Waals surface area contributed by atoms with Crippen LogP contribution in [-0.4, -0.2) is 5.78 Å². The molecule has 0 amide bonds. The maximum Gasteiger partial charge on any atom is 0.166 e. The lowest BCUT2D eigenvalue weighted by Crippen LogP contribution is -2.32. The summed E-state index contributed by atoms with van der Waals surface area (Å²) in [6.07, 6.45) is 2.17. The van der Waals surface area contributed by atoms with Crippen molar-refractivity contribution in [2.75, 3.05) is 0 Å². The second-order valence-electron chi connectivity index (χ2n) is 8.35. The number of carbonyl (C=O) groups excluding carboxylic acids is 1. The van der Waals surface area contributed by atoms with Gasteiger partial charge in [0.2, 0.25) is 0 Å². The van der Waals surface area contributed by atoms with Gasteiger partial charge in [-0.2, -0.15) is 0 Å². The van der Waals surface area contributed by atoms with Crippen LogP contribution in [-0.2, 0) is 4.79 Å². The number of fused-ring (bicyclic) bond motifs is 5. The van der Waals surface area contributed by atoms with Crippen LogP contribution in [0, 0.1) is 16.7 Å². The maximum absolute atomic E-state index is 13.5. The molecule has 24 heavy (non-hydrogen) atoms. The molecule has 120 valence electrons. The van der Waals surface area contributed by atoms with Crippen LogP contribution < -0.4 is 0 Å². The Hall–Kier alpha value is -2.15. The molecule has 0 radical (unpaired) electrons. The number of ketones is 1. The van der Waals surface area contributed by atoms with Crippen molar-refractivity contribution in [3.63, 3.8) is 0 Å². The van der Waals surface area contributed by atoms with Gasteiger partial charge in [0.25, 0.3) is 0 Å². The van der Waals surface area contributed by atoms with E-state index in [-0.39, 0.29) is 10.8 Å². The van der Waals surface area contributed by atoms with Gasteiger partial charge in [0, 0.05) is 11.0 Å². The van der Waals surface area contributed by atoms with Crippen molar-refractivity contribution in [2.24, 2.45) is 16.7 Å².